The third kappa shape index (κ3) is 3.55. The van der Waals surface area contributed by atoms with Gasteiger partial charge < -0.3 is 15.2 Å². The van der Waals surface area contributed by atoms with Gasteiger partial charge in [0.1, 0.15) is 0 Å². The van der Waals surface area contributed by atoms with Crippen LogP contribution in [0.5, 0.6) is 0 Å². The fraction of sp³-hybridized carbons (Fsp3) is 0.471. The van der Waals surface area contributed by atoms with E-state index in [1.807, 2.05) is 47.4 Å². The first-order chi connectivity index (χ1) is 10.8. The second-order valence-corrected chi connectivity index (χ2v) is 5.85. The van der Waals surface area contributed by atoms with E-state index in [0.717, 1.165) is 50.3 Å². The summed E-state index contributed by atoms with van der Waals surface area (Å²) in [5.41, 5.74) is 2.19. The number of hydrogen-bond acceptors (Lipinski definition) is 4. The highest BCUT2D eigenvalue weighted by molar-refractivity contribution is 5.30. The van der Waals surface area contributed by atoms with Crippen LogP contribution in [-0.2, 0) is 11.3 Å². The Balaban J connectivity index is 1.64. The normalized spacial score (nSPS) is 17.5. The van der Waals surface area contributed by atoms with Crippen molar-refractivity contribution in [3.05, 3.63) is 48.3 Å². The van der Waals surface area contributed by atoms with E-state index in [4.69, 9.17) is 4.74 Å². The number of nitrogens with one attached hydrogen (secondary N) is 1. The molecule has 5 heteroatoms. The molecular weight excluding hydrogens is 278 g/mol. The third-order valence-electron chi connectivity index (χ3n) is 4.36. The van der Waals surface area contributed by atoms with Crippen molar-refractivity contribution in [3.63, 3.8) is 0 Å². The minimum absolute atomic E-state index is 0.0121. The molecule has 0 amide bonds. The fourth-order valence-corrected chi connectivity index (χ4v) is 2.95. The number of hydrogen-bond donors (Lipinski definition) is 2. The first-order valence-corrected chi connectivity index (χ1v) is 7.84. The van der Waals surface area contributed by atoms with Gasteiger partial charge in [-0.15, -0.1) is 0 Å². The van der Waals surface area contributed by atoms with Gasteiger partial charge in [0.15, 0.2) is 0 Å². The number of aliphatic hydroxyl groups excluding tert-OH is 1. The Morgan fingerprint density at radius 3 is 2.73 bits per heavy atom. The molecule has 1 fully saturated rings. The van der Waals surface area contributed by atoms with Crippen molar-refractivity contribution in [2.75, 3.05) is 19.8 Å². The number of para-hydroxylation sites is 1. The van der Waals surface area contributed by atoms with Crippen LogP contribution in [0.25, 0.3) is 5.69 Å². The maximum absolute atomic E-state index is 9.34. The van der Waals surface area contributed by atoms with Crippen LogP contribution in [0.4, 0.5) is 0 Å². The zero-order valence-corrected chi connectivity index (χ0v) is 12.7. The summed E-state index contributed by atoms with van der Waals surface area (Å²) >= 11 is 0. The van der Waals surface area contributed by atoms with Crippen molar-refractivity contribution in [1.29, 1.82) is 0 Å². The SMILES string of the molecule is OCCC1(NCc2cnn(-c3ccccc3)c2)CCOCC1. The third-order valence-corrected chi connectivity index (χ3v) is 4.36. The first-order valence-electron chi connectivity index (χ1n) is 7.84. The highest BCUT2D eigenvalue weighted by Crippen LogP contribution is 2.24. The maximum Gasteiger partial charge on any atom is 0.0645 e. The second kappa shape index (κ2) is 7.05. The first kappa shape index (κ1) is 15.2. The van der Waals surface area contributed by atoms with E-state index in [2.05, 4.69) is 10.4 Å². The van der Waals surface area contributed by atoms with Gasteiger partial charge in [-0.05, 0) is 31.4 Å². The molecule has 1 saturated heterocycles. The number of nitrogens with zero attached hydrogens (tertiary/aromatic N) is 2. The van der Waals surface area contributed by atoms with Crippen molar-refractivity contribution in [3.8, 4) is 5.69 Å². The lowest BCUT2D eigenvalue weighted by molar-refractivity contribution is 0.0267. The van der Waals surface area contributed by atoms with Gasteiger partial charge >= 0.3 is 0 Å². The van der Waals surface area contributed by atoms with Crippen LogP contribution >= 0.6 is 0 Å². The lowest BCUT2D eigenvalue weighted by atomic mass is 9.86. The summed E-state index contributed by atoms with van der Waals surface area (Å²) in [6, 6.07) is 10.1. The molecule has 1 aliphatic rings. The highest BCUT2D eigenvalue weighted by Gasteiger charge is 2.31. The standard InChI is InChI=1S/C17H23N3O2/c21-9-6-17(7-10-22-11-8-17)18-12-15-13-19-20(14-15)16-4-2-1-3-5-16/h1-5,13-14,18,21H,6-12H2. The molecule has 0 unspecified atom stereocenters. The van der Waals surface area contributed by atoms with E-state index in [9.17, 15) is 5.11 Å². The Hall–Kier alpha value is -1.69. The van der Waals surface area contributed by atoms with Gasteiger partial charge in [-0.25, -0.2) is 4.68 Å². The largest absolute Gasteiger partial charge is 0.396 e. The number of benzene rings is 1. The Kier molecular flexibility index (Phi) is 4.87. The molecule has 2 heterocycles. The summed E-state index contributed by atoms with van der Waals surface area (Å²) in [6.07, 6.45) is 6.60. The number of rotatable bonds is 6. The van der Waals surface area contributed by atoms with Crippen LogP contribution in [0.2, 0.25) is 0 Å². The molecule has 1 aliphatic heterocycles. The van der Waals surface area contributed by atoms with Crippen LogP contribution in [0.1, 0.15) is 24.8 Å². The summed E-state index contributed by atoms with van der Waals surface area (Å²) in [5.74, 6) is 0. The van der Waals surface area contributed by atoms with Gasteiger partial charge in [0.05, 0.1) is 11.9 Å². The van der Waals surface area contributed by atoms with Crippen LogP contribution in [0.15, 0.2) is 42.7 Å². The Morgan fingerprint density at radius 1 is 1.23 bits per heavy atom. The second-order valence-electron chi connectivity index (χ2n) is 5.85. The van der Waals surface area contributed by atoms with Crippen molar-refractivity contribution < 1.29 is 9.84 Å². The molecule has 1 aromatic heterocycles. The topological polar surface area (TPSA) is 59.3 Å². The predicted octanol–water partition coefficient (Wildman–Crippen LogP) is 1.89. The van der Waals surface area contributed by atoms with Gasteiger partial charge in [0.25, 0.3) is 0 Å². The lowest BCUT2D eigenvalue weighted by Gasteiger charge is -2.38. The molecule has 0 spiro atoms. The molecule has 22 heavy (non-hydrogen) atoms. The quantitative estimate of drug-likeness (QED) is 0.855. The molecule has 2 aromatic rings. The van der Waals surface area contributed by atoms with E-state index < -0.39 is 0 Å². The van der Waals surface area contributed by atoms with Gasteiger partial charge in [-0.2, -0.15) is 5.10 Å². The predicted molar refractivity (Wildman–Crippen MR) is 84.9 cm³/mol. The van der Waals surface area contributed by atoms with Crippen molar-refractivity contribution in [2.24, 2.45) is 0 Å². The van der Waals surface area contributed by atoms with Crippen molar-refractivity contribution in [1.82, 2.24) is 15.1 Å². The van der Waals surface area contributed by atoms with Gasteiger partial charge in [-0.3, -0.25) is 0 Å². The minimum Gasteiger partial charge on any atom is -0.396 e. The number of aliphatic hydroxyl groups is 1. The number of aromatic nitrogens is 2. The molecule has 3 rings (SSSR count). The smallest absolute Gasteiger partial charge is 0.0645 e. The molecule has 0 saturated carbocycles. The van der Waals surface area contributed by atoms with Crippen molar-refractivity contribution >= 4 is 0 Å². The van der Waals surface area contributed by atoms with Gasteiger partial charge in [-0.1, -0.05) is 18.2 Å². The highest BCUT2D eigenvalue weighted by atomic mass is 16.5. The molecule has 0 radical (unpaired) electrons. The zero-order valence-electron chi connectivity index (χ0n) is 12.7. The minimum atomic E-state index is -0.0121. The Labute approximate surface area is 130 Å². The molecule has 5 nitrogen and oxygen atoms in total. The van der Waals surface area contributed by atoms with Crippen LogP contribution in [-0.4, -0.2) is 40.2 Å². The monoisotopic (exact) mass is 301 g/mol. The van der Waals surface area contributed by atoms with E-state index in [-0.39, 0.29) is 12.1 Å². The lowest BCUT2D eigenvalue weighted by Crippen LogP contribution is -2.49. The molecule has 1 aromatic carbocycles. The molecule has 0 aliphatic carbocycles. The summed E-state index contributed by atoms with van der Waals surface area (Å²) < 4.78 is 7.34. The summed E-state index contributed by atoms with van der Waals surface area (Å²) in [7, 11) is 0. The maximum atomic E-state index is 9.34. The number of ether oxygens (including phenoxy) is 1. The fourth-order valence-electron chi connectivity index (χ4n) is 2.95. The molecule has 0 bridgehead atoms. The summed E-state index contributed by atoms with van der Waals surface area (Å²) in [5, 5.41) is 17.4. The van der Waals surface area contributed by atoms with Crippen LogP contribution < -0.4 is 5.32 Å². The van der Waals surface area contributed by atoms with Crippen molar-refractivity contribution in [2.45, 2.75) is 31.3 Å². The molecule has 118 valence electrons. The average Bonchev–Trinajstić information content (AvgIpc) is 3.04. The summed E-state index contributed by atoms with van der Waals surface area (Å²) in [6.45, 7) is 2.48. The Bertz CT molecular complexity index is 571. The molecule has 2 N–H and O–H groups in total. The summed E-state index contributed by atoms with van der Waals surface area (Å²) in [4.78, 5) is 0. The van der Waals surface area contributed by atoms with E-state index in [1.54, 1.807) is 0 Å². The van der Waals surface area contributed by atoms with E-state index in [1.165, 1.54) is 0 Å². The molecule has 0 atom stereocenters. The van der Waals surface area contributed by atoms with Gasteiger partial charge in [0, 0.05) is 43.7 Å². The molecular formula is C17H23N3O2. The average molecular weight is 301 g/mol. The van der Waals surface area contributed by atoms with Gasteiger partial charge in [0.2, 0.25) is 0 Å². The van der Waals surface area contributed by atoms with Crippen LogP contribution in [0, 0.1) is 0 Å². The Morgan fingerprint density at radius 2 is 2.00 bits per heavy atom. The zero-order chi connectivity index (χ0) is 15.3. The van der Waals surface area contributed by atoms with E-state index in [0.29, 0.717) is 0 Å². The van der Waals surface area contributed by atoms with E-state index >= 15 is 0 Å². The van der Waals surface area contributed by atoms with Crippen LogP contribution in [0.3, 0.4) is 0 Å².